The van der Waals surface area contributed by atoms with E-state index in [1.165, 1.54) is 30.5 Å². The summed E-state index contributed by atoms with van der Waals surface area (Å²) >= 11 is 0. The molecule has 4 nitrogen and oxygen atoms in total. The summed E-state index contributed by atoms with van der Waals surface area (Å²) in [4.78, 5) is 2.39. The summed E-state index contributed by atoms with van der Waals surface area (Å²) in [7, 11) is -2.90. The van der Waals surface area contributed by atoms with Crippen molar-refractivity contribution >= 4 is 15.5 Å². The number of benzene rings is 1. The SMILES string of the molecule is CC(C)S(=O)(=O)CC1CCC(CCc2ccc(N3CCOCC3)cc2)CC1. The number of rotatable bonds is 7. The summed E-state index contributed by atoms with van der Waals surface area (Å²) in [5.74, 6) is 1.52. The highest BCUT2D eigenvalue weighted by molar-refractivity contribution is 7.91. The molecule has 0 amide bonds. The first-order chi connectivity index (χ1) is 12.9. The van der Waals surface area contributed by atoms with E-state index in [0.29, 0.717) is 11.7 Å². The molecule has 1 aromatic rings. The van der Waals surface area contributed by atoms with E-state index in [2.05, 4.69) is 29.2 Å². The van der Waals surface area contributed by atoms with Gasteiger partial charge in [0.2, 0.25) is 0 Å². The van der Waals surface area contributed by atoms with Crippen LogP contribution in [0.3, 0.4) is 0 Å². The Bertz CT molecular complexity index is 670. The van der Waals surface area contributed by atoms with Crippen LogP contribution in [0.2, 0.25) is 0 Å². The molecule has 152 valence electrons. The van der Waals surface area contributed by atoms with Crippen LogP contribution in [-0.4, -0.2) is 45.7 Å². The number of nitrogens with zero attached hydrogens (tertiary/aromatic N) is 1. The summed E-state index contributed by atoms with van der Waals surface area (Å²) in [6, 6.07) is 9.03. The van der Waals surface area contributed by atoms with Crippen molar-refractivity contribution in [3.63, 3.8) is 0 Å². The zero-order valence-corrected chi connectivity index (χ0v) is 17.7. The summed E-state index contributed by atoms with van der Waals surface area (Å²) in [6.07, 6.45) is 6.87. The highest BCUT2D eigenvalue weighted by atomic mass is 32.2. The van der Waals surface area contributed by atoms with Gasteiger partial charge in [0.05, 0.1) is 24.2 Å². The van der Waals surface area contributed by atoms with E-state index in [9.17, 15) is 8.42 Å². The van der Waals surface area contributed by atoms with E-state index in [1.807, 2.05) is 0 Å². The van der Waals surface area contributed by atoms with E-state index < -0.39 is 9.84 Å². The number of hydrogen-bond acceptors (Lipinski definition) is 4. The van der Waals surface area contributed by atoms with Gasteiger partial charge in [-0.1, -0.05) is 25.0 Å². The molecule has 0 spiro atoms. The molecular formula is C22H35NO3S. The van der Waals surface area contributed by atoms with Gasteiger partial charge in [-0.15, -0.1) is 0 Å². The number of morpholine rings is 1. The van der Waals surface area contributed by atoms with Crippen molar-refractivity contribution in [3.8, 4) is 0 Å². The molecule has 0 radical (unpaired) electrons. The average molecular weight is 394 g/mol. The molecule has 2 aliphatic rings. The lowest BCUT2D eigenvalue weighted by atomic mass is 9.80. The highest BCUT2D eigenvalue weighted by Gasteiger charge is 2.27. The molecule has 1 aromatic carbocycles. The third kappa shape index (κ3) is 5.95. The van der Waals surface area contributed by atoms with Crippen molar-refractivity contribution in [2.75, 3.05) is 37.0 Å². The second-order valence-electron chi connectivity index (χ2n) is 8.57. The fourth-order valence-electron chi connectivity index (χ4n) is 4.27. The molecule has 1 saturated heterocycles. The molecule has 27 heavy (non-hydrogen) atoms. The van der Waals surface area contributed by atoms with Crippen molar-refractivity contribution in [2.24, 2.45) is 11.8 Å². The van der Waals surface area contributed by atoms with Gasteiger partial charge in [0, 0.05) is 18.8 Å². The van der Waals surface area contributed by atoms with Crippen molar-refractivity contribution in [1.82, 2.24) is 0 Å². The van der Waals surface area contributed by atoms with Gasteiger partial charge in [-0.05, 0) is 69.1 Å². The minimum Gasteiger partial charge on any atom is -0.378 e. The maximum absolute atomic E-state index is 12.1. The predicted octanol–water partition coefficient (Wildman–Crippen LogP) is 4.09. The lowest BCUT2D eigenvalue weighted by molar-refractivity contribution is 0.122. The average Bonchev–Trinajstić information content (AvgIpc) is 2.68. The van der Waals surface area contributed by atoms with E-state index in [1.54, 1.807) is 13.8 Å². The Kier molecular flexibility index (Phi) is 7.21. The molecule has 0 atom stereocenters. The van der Waals surface area contributed by atoms with Crippen molar-refractivity contribution < 1.29 is 13.2 Å². The Morgan fingerprint density at radius 1 is 1.00 bits per heavy atom. The van der Waals surface area contributed by atoms with Crippen LogP contribution >= 0.6 is 0 Å². The smallest absolute Gasteiger partial charge is 0.152 e. The van der Waals surface area contributed by atoms with Crippen molar-refractivity contribution in [3.05, 3.63) is 29.8 Å². The Hall–Kier alpha value is -1.07. The molecular weight excluding hydrogens is 358 g/mol. The fraction of sp³-hybridized carbons (Fsp3) is 0.727. The largest absolute Gasteiger partial charge is 0.378 e. The topological polar surface area (TPSA) is 46.6 Å². The zero-order chi connectivity index (χ0) is 19.3. The normalized spacial score (nSPS) is 24.3. The Morgan fingerprint density at radius 2 is 1.59 bits per heavy atom. The van der Waals surface area contributed by atoms with E-state index in [4.69, 9.17) is 4.74 Å². The molecule has 1 saturated carbocycles. The lowest BCUT2D eigenvalue weighted by Crippen LogP contribution is -2.36. The van der Waals surface area contributed by atoms with Gasteiger partial charge in [-0.25, -0.2) is 8.42 Å². The molecule has 0 N–H and O–H groups in total. The summed E-state index contributed by atoms with van der Waals surface area (Å²) in [6.45, 7) is 7.20. The Labute approximate surface area is 165 Å². The highest BCUT2D eigenvalue weighted by Crippen LogP contribution is 2.33. The van der Waals surface area contributed by atoms with Gasteiger partial charge in [0.25, 0.3) is 0 Å². The van der Waals surface area contributed by atoms with E-state index >= 15 is 0 Å². The van der Waals surface area contributed by atoms with Crippen LogP contribution in [0, 0.1) is 11.8 Å². The second-order valence-corrected chi connectivity index (χ2v) is 11.2. The molecule has 0 unspecified atom stereocenters. The van der Waals surface area contributed by atoms with Crippen LogP contribution in [-0.2, 0) is 21.0 Å². The van der Waals surface area contributed by atoms with Crippen molar-refractivity contribution in [2.45, 2.75) is 57.6 Å². The molecule has 5 heteroatoms. The monoisotopic (exact) mass is 393 g/mol. The zero-order valence-electron chi connectivity index (χ0n) is 16.9. The quantitative estimate of drug-likeness (QED) is 0.700. The third-order valence-corrected chi connectivity index (χ3v) is 8.68. The van der Waals surface area contributed by atoms with Crippen LogP contribution in [0.25, 0.3) is 0 Å². The van der Waals surface area contributed by atoms with Crippen LogP contribution in [0.4, 0.5) is 5.69 Å². The van der Waals surface area contributed by atoms with Gasteiger partial charge in [0.1, 0.15) is 0 Å². The van der Waals surface area contributed by atoms with Crippen LogP contribution in [0.15, 0.2) is 24.3 Å². The minimum absolute atomic E-state index is 0.240. The van der Waals surface area contributed by atoms with Gasteiger partial charge in [-0.2, -0.15) is 0 Å². The molecule has 2 fully saturated rings. The Morgan fingerprint density at radius 3 is 2.19 bits per heavy atom. The number of ether oxygens (including phenoxy) is 1. The van der Waals surface area contributed by atoms with Gasteiger partial charge >= 0.3 is 0 Å². The molecule has 1 aliphatic heterocycles. The molecule has 0 aromatic heterocycles. The molecule has 1 heterocycles. The number of hydrogen-bond donors (Lipinski definition) is 0. The third-order valence-electron chi connectivity index (χ3n) is 6.31. The van der Waals surface area contributed by atoms with Gasteiger partial charge in [0.15, 0.2) is 9.84 Å². The second kappa shape index (κ2) is 9.42. The first kappa shape index (κ1) is 20.7. The predicted molar refractivity (Wildman–Crippen MR) is 112 cm³/mol. The van der Waals surface area contributed by atoms with E-state index in [0.717, 1.165) is 51.5 Å². The first-order valence-corrected chi connectivity index (χ1v) is 12.3. The summed E-state index contributed by atoms with van der Waals surface area (Å²) < 4.78 is 29.7. The number of sulfone groups is 1. The molecule has 3 rings (SSSR count). The van der Waals surface area contributed by atoms with Crippen molar-refractivity contribution in [1.29, 1.82) is 0 Å². The van der Waals surface area contributed by atoms with Gasteiger partial charge in [-0.3, -0.25) is 0 Å². The lowest BCUT2D eigenvalue weighted by Gasteiger charge is -2.29. The minimum atomic E-state index is -2.90. The fourth-order valence-corrected chi connectivity index (χ4v) is 5.65. The van der Waals surface area contributed by atoms with Gasteiger partial charge < -0.3 is 9.64 Å². The summed E-state index contributed by atoms with van der Waals surface area (Å²) in [5.41, 5.74) is 2.71. The number of aryl methyl sites for hydroxylation is 1. The number of anilines is 1. The first-order valence-electron chi connectivity index (χ1n) is 10.6. The summed E-state index contributed by atoms with van der Waals surface area (Å²) in [5, 5.41) is -0.240. The van der Waals surface area contributed by atoms with Crippen LogP contribution in [0.5, 0.6) is 0 Å². The maximum atomic E-state index is 12.1. The maximum Gasteiger partial charge on any atom is 0.152 e. The molecule has 0 bridgehead atoms. The van der Waals surface area contributed by atoms with Crippen LogP contribution in [0.1, 0.15) is 51.5 Å². The molecule has 1 aliphatic carbocycles. The van der Waals surface area contributed by atoms with Crippen LogP contribution < -0.4 is 4.90 Å². The standard InChI is InChI=1S/C22H35NO3S/c1-18(2)27(24,25)17-21-7-5-19(6-8-21)3-4-20-9-11-22(12-10-20)23-13-15-26-16-14-23/h9-12,18-19,21H,3-8,13-17H2,1-2H3. The van der Waals surface area contributed by atoms with E-state index in [-0.39, 0.29) is 5.25 Å². The Balaban J connectivity index is 1.41.